The van der Waals surface area contributed by atoms with Gasteiger partial charge in [0.05, 0.1) is 7.11 Å². The summed E-state index contributed by atoms with van der Waals surface area (Å²) in [5.74, 6) is 0.524. The van der Waals surface area contributed by atoms with E-state index in [9.17, 15) is 9.18 Å². The second-order valence-corrected chi connectivity index (χ2v) is 6.19. The molecule has 0 saturated carbocycles. The Morgan fingerprint density at radius 3 is 2.76 bits per heavy atom. The Bertz CT molecular complexity index is 826. The lowest BCUT2D eigenvalue weighted by molar-refractivity contribution is -0.120. The van der Waals surface area contributed by atoms with E-state index in [-0.39, 0.29) is 11.7 Å². The first-order valence-corrected chi connectivity index (χ1v) is 8.54. The third kappa shape index (κ3) is 3.90. The number of hydrogen-bond donors (Lipinski definition) is 1. The molecule has 1 amide bonds. The Balaban J connectivity index is 2.06. The van der Waals surface area contributed by atoms with Gasteiger partial charge in [-0.2, -0.15) is 0 Å². The average Bonchev–Trinajstić information content (AvgIpc) is 2.63. The number of halogens is 1. The van der Waals surface area contributed by atoms with Gasteiger partial charge in [0.2, 0.25) is 5.91 Å². The van der Waals surface area contributed by atoms with Crippen molar-refractivity contribution in [3.8, 4) is 5.75 Å². The molecule has 3 rings (SSSR count). The number of aryl methyl sites for hydroxylation is 1. The summed E-state index contributed by atoms with van der Waals surface area (Å²) in [6, 6.07) is 12.6. The molecule has 25 heavy (non-hydrogen) atoms. The highest BCUT2D eigenvalue weighted by Crippen LogP contribution is 2.35. The highest BCUT2D eigenvalue weighted by Gasteiger charge is 2.21. The van der Waals surface area contributed by atoms with Crippen LogP contribution in [0.4, 0.5) is 4.39 Å². The SMILES string of the molecule is CCC(=O)NC1=C(Cc2cccc(F)c2)c2cc(OC)ccc2CC1. The predicted molar refractivity (Wildman–Crippen MR) is 96.8 cm³/mol. The summed E-state index contributed by atoms with van der Waals surface area (Å²) in [6.45, 7) is 1.84. The van der Waals surface area contributed by atoms with Crippen LogP contribution in [0.5, 0.6) is 5.75 Å². The molecule has 0 radical (unpaired) electrons. The topological polar surface area (TPSA) is 38.3 Å². The van der Waals surface area contributed by atoms with Gasteiger partial charge in [-0.15, -0.1) is 0 Å². The zero-order chi connectivity index (χ0) is 17.8. The Morgan fingerprint density at radius 1 is 1.20 bits per heavy atom. The molecule has 0 bridgehead atoms. The van der Waals surface area contributed by atoms with E-state index in [1.54, 1.807) is 19.2 Å². The summed E-state index contributed by atoms with van der Waals surface area (Å²) in [5.41, 5.74) is 5.14. The van der Waals surface area contributed by atoms with Crippen molar-refractivity contribution in [2.45, 2.75) is 32.6 Å². The number of carbonyl (C=O) groups is 1. The van der Waals surface area contributed by atoms with Gasteiger partial charge >= 0.3 is 0 Å². The Hall–Kier alpha value is -2.62. The van der Waals surface area contributed by atoms with Gasteiger partial charge in [0.25, 0.3) is 0 Å². The van der Waals surface area contributed by atoms with Crippen molar-refractivity contribution in [3.63, 3.8) is 0 Å². The van der Waals surface area contributed by atoms with Crippen molar-refractivity contribution in [1.82, 2.24) is 5.32 Å². The zero-order valence-corrected chi connectivity index (χ0v) is 14.6. The summed E-state index contributed by atoms with van der Waals surface area (Å²) < 4.78 is 19.0. The molecule has 2 aromatic rings. The van der Waals surface area contributed by atoms with Gasteiger partial charge in [-0.05, 0) is 65.8 Å². The first-order chi connectivity index (χ1) is 12.1. The molecule has 0 fully saturated rings. The van der Waals surface area contributed by atoms with Crippen LogP contribution in [0.1, 0.15) is 36.5 Å². The predicted octanol–water partition coefficient (Wildman–Crippen LogP) is 4.26. The smallest absolute Gasteiger partial charge is 0.223 e. The number of benzene rings is 2. The van der Waals surface area contributed by atoms with E-state index < -0.39 is 0 Å². The highest BCUT2D eigenvalue weighted by atomic mass is 19.1. The van der Waals surface area contributed by atoms with Gasteiger partial charge in [-0.1, -0.05) is 25.1 Å². The minimum Gasteiger partial charge on any atom is -0.497 e. The molecule has 4 heteroatoms. The number of amides is 1. The molecular formula is C21H22FNO2. The van der Waals surface area contributed by atoms with E-state index in [4.69, 9.17) is 4.74 Å². The molecule has 1 aliphatic carbocycles. The van der Waals surface area contributed by atoms with Gasteiger partial charge in [-0.25, -0.2) is 4.39 Å². The second kappa shape index (κ2) is 7.51. The van der Waals surface area contributed by atoms with E-state index in [1.807, 2.05) is 25.1 Å². The highest BCUT2D eigenvalue weighted by molar-refractivity contribution is 5.83. The number of ether oxygens (including phenoxy) is 1. The average molecular weight is 339 g/mol. The number of methoxy groups -OCH3 is 1. The van der Waals surface area contributed by atoms with Crippen molar-refractivity contribution in [3.05, 3.63) is 70.7 Å². The third-order valence-electron chi connectivity index (χ3n) is 4.53. The van der Waals surface area contributed by atoms with Crippen LogP contribution in [0, 0.1) is 5.82 Å². The van der Waals surface area contributed by atoms with Crippen LogP contribution in [0.2, 0.25) is 0 Å². The van der Waals surface area contributed by atoms with Crippen molar-refractivity contribution >= 4 is 11.5 Å². The van der Waals surface area contributed by atoms with Gasteiger partial charge in [0.1, 0.15) is 11.6 Å². The Kier molecular flexibility index (Phi) is 5.17. The molecule has 3 nitrogen and oxygen atoms in total. The monoisotopic (exact) mass is 339 g/mol. The molecular weight excluding hydrogens is 317 g/mol. The summed E-state index contributed by atoms with van der Waals surface area (Å²) in [5, 5.41) is 3.04. The minimum absolute atomic E-state index is 0.00177. The maximum Gasteiger partial charge on any atom is 0.223 e. The van der Waals surface area contributed by atoms with Crippen LogP contribution in [-0.4, -0.2) is 13.0 Å². The number of hydrogen-bond acceptors (Lipinski definition) is 2. The molecule has 0 unspecified atom stereocenters. The maximum absolute atomic E-state index is 13.6. The first-order valence-electron chi connectivity index (χ1n) is 8.54. The zero-order valence-electron chi connectivity index (χ0n) is 14.6. The minimum atomic E-state index is -0.251. The van der Waals surface area contributed by atoms with E-state index in [1.165, 1.54) is 11.6 Å². The van der Waals surface area contributed by atoms with Crippen LogP contribution in [0.3, 0.4) is 0 Å². The Morgan fingerprint density at radius 2 is 2.04 bits per heavy atom. The Labute approximate surface area is 147 Å². The van der Waals surface area contributed by atoms with Gasteiger partial charge in [0.15, 0.2) is 0 Å². The summed E-state index contributed by atoms with van der Waals surface area (Å²) in [6.07, 6.45) is 2.64. The fourth-order valence-electron chi connectivity index (χ4n) is 3.20. The molecule has 130 valence electrons. The van der Waals surface area contributed by atoms with E-state index in [0.29, 0.717) is 12.8 Å². The van der Waals surface area contributed by atoms with Gasteiger partial charge in [0, 0.05) is 12.1 Å². The van der Waals surface area contributed by atoms with Crippen LogP contribution in [0.15, 0.2) is 48.2 Å². The number of nitrogens with one attached hydrogen (secondary N) is 1. The van der Waals surface area contributed by atoms with Crippen molar-refractivity contribution < 1.29 is 13.9 Å². The maximum atomic E-state index is 13.6. The second-order valence-electron chi connectivity index (χ2n) is 6.19. The number of fused-ring (bicyclic) bond motifs is 1. The van der Waals surface area contributed by atoms with E-state index in [2.05, 4.69) is 11.4 Å². The summed E-state index contributed by atoms with van der Waals surface area (Å²) in [4.78, 5) is 11.9. The lowest BCUT2D eigenvalue weighted by Gasteiger charge is -2.25. The lowest BCUT2D eigenvalue weighted by atomic mass is 9.85. The van der Waals surface area contributed by atoms with Crippen molar-refractivity contribution in [2.24, 2.45) is 0 Å². The summed E-state index contributed by atoms with van der Waals surface area (Å²) >= 11 is 0. The number of carbonyl (C=O) groups excluding carboxylic acids is 1. The molecule has 0 aromatic heterocycles. The van der Waals surface area contributed by atoms with Gasteiger partial charge in [-0.3, -0.25) is 4.79 Å². The van der Waals surface area contributed by atoms with E-state index >= 15 is 0 Å². The van der Waals surface area contributed by atoms with Crippen LogP contribution >= 0.6 is 0 Å². The summed E-state index contributed by atoms with van der Waals surface area (Å²) in [7, 11) is 1.64. The molecule has 1 aliphatic rings. The normalized spacial score (nSPS) is 13.4. The first kappa shape index (κ1) is 17.2. The largest absolute Gasteiger partial charge is 0.497 e. The quantitative estimate of drug-likeness (QED) is 0.884. The molecule has 0 heterocycles. The standard InChI is InChI=1S/C21H22FNO2/c1-3-21(24)23-20-10-8-15-7-9-17(25-2)13-18(15)19(20)12-14-5-4-6-16(22)11-14/h4-7,9,11,13H,3,8,10,12H2,1-2H3,(H,23,24). The van der Waals surface area contributed by atoms with Crippen molar-refractivity contribution in [2.75, 3.05) is 7.11 Å². The molecule has 0 spiro atoms. The third-order valence-corrected chi connectivity index (χ3v) is 4.53. The molecule has 1 N–H and O–H groups in total. The number of allylic oxidation sites excluding steroid dienone is 2. The lowest BCUT2D eigenvalue weighted by Crippen LogP contribution is -2.25. The van der Waals surface area contributed by atoms with Crippen LogP contribution in [0.25, 0.3) is 5.57 Å². The van der Waals surface area contributed by atoms with Crippen LogP contribution < -0.4 is 10.1 Å². The fourth-order valence-corrected chi connectivity index (χ4v) is 3.20. The van der Waals surface area contributed by atoms with Crippen molar-refractivity contribution in [1.29, 1.82) is 0 Å². The molecule has 0 atom stereocenters. The fraction of sp³-hybridized carbons (Fsp3) is 0.286. The molecule has 0 saturated heterocycles. The number of rotatable bonds is 5. The van der Waals surface area contributed by atoms with Gasteiger partial charge < -0.3 is 10.1 Å². The van der Waals surface area contributed by atoms with E-state index in [0.717, 1.165) is 41.0 Å². The molecule has 0 aliphatic heterocycles. The van der Waals surface area contributed by atoms with Crippen LogP contribution in [-0.2, 0) is 17.6 Å². The molecule has 2 aromatic carbocycles.